The van der Waals surface area contributed by atoms with Crippen molar-refractivity contribution < 1.29 is 23.8 Å². The molecule has 2 amide bonds. The van der Waals surface area contributed by atoms with Gasteiger partial charge >= 0.3 is 0 Å². The van der Waals surface area contributed by atoms with E-state index in [-0.39, 0.29) is 18.4 Å². The standard InChI is InChI=1S/C26H30N2O5/c1-17-5-7-20(18(2)15-17)23-24(27-11-13-33-14-12-27)26(30)28(25(23)29)10-9-19-6-8-21(31-3)22(16-19)32-4/h5-8,15-16H,9-14H2,1-4H3. The van der Waals surface area contributed by atoms with Gasteiger partial charge in [0.1, 0.15) is 5.70 Å². The molecule has 0 atom stereocenters. The average molecular weight is 451 g/mol. The predicted molar refractivity (Wildman–Crippen MR) is 125 cm³/mol. The number of aryl methyl sites for hydroxylation is 2. The number of rotatable bonds is 7. The van der Waals surface area contributed by atoms with E-state index >= 15 is 0 Å². The summed E-state index contributed by atoms with van der Waals surface area (Å²) in [4.78, 5) is 30.5. The molecule has 33 heavy (non-hydrogen) atoms. The highest BCUT2D eigenvalue weighted by Crippen LogP contribution is 2.34. The van der Waals surface area contributed by atoms with Gasteiger partial charge in [0, 0.05) is 19.6 Å². The zero-order chi connectivity index (χ0) is 23.5. The molecule has 7 heteroatoms. The second-order valence-electron chi connectivity index (χ2n) is 8.34. The van der Waals surface area contributed by atoms with Crippen LogP contribution in [0.15, 0.2) is 42.1 Å². The van der Waals surface area contributed by atoms with Gasteiger partial charge in [0.05, 0.1) is 33.0 Å². The van der Waals surface area contributed by atoms with Crippen LogP contribution >= 0.6 is 0 Å². The van der Waals surface area contributed by atoms with Crippen molar-refractivity contribution in [3.05, 3.63) is 64.3 Å². The van der Waals surface area contributed by atoms with E-state index in [1.165, 1.54) is 4.90 Å². The van der Waals surface area contributed by atoms with Crippen LogP contribution in [0.4, 0.5) is 0 Å². The summed E-state index contributed by atoms with van der Waals surface area (Å²) in [5, 5.41) is 0. The Kier molecular flexibility index (Phi) is 6.70. The van der Waals surface area contributed by atoms with Crippen LogP contribution in [0.2, 0.25) is 0 Å². The van der Waals surface area contributed by atoms with Crippen molar-refractivity contribution >= 4 is 17.4 Å². The molecule has 0 spiro atoms. The van der Waals surface area contributed by atoms with Crippen molar-refractivity contribution in [2.45, 2.75) is 20.3 Å². The van der Waals surface area contributed by atoms with E-state index in [1.54, 1.807) is 14.2 Å². The number of hydrogen-bond acceptors (Lipinski definition) is 6. The van der Waals surface area contributed by atoms with Crippen molar-refractivity contribution in [1.29, 1.82) is 0 Å². The number of nitrogens with zero attached hydrogens (tertiary/aromatic N) is 2. The van der Waals surface area contributed by atoms with Crippen LogP contribution in [0.1, 0.15) is 22.3 Å². The molecule has 0 N–H and O–H groups in total. The molecule has 2 aromatic rings. The van der Waals surface area contributed by atoms with E-state index in [1.807, 2.05) is 55.1 Å². The summed E-state index contributed by atoms with van der Waals surface area (Å²) in [6, 6.07) is 11.6. The summed E-state index contributed by atoms with van der Waals surface area (Å²) in [6.07, 6.45) is 0.522. The minimum absolute atomic E-state index is 0.239. The van der Waals surface area contributed by atoms with Crippen LogP contribution in [0.25, 0.3) is 5.57 Å². The molecular weight excluding hydrogens is 420 g/mol. The molecule has 1 saturated heterocycles. The van der Waals surface area contributed by atoms with Gasteiger partial charge in [0.15, 0.2) is 11.5 Å². The van der Waals surface area contributed by atoms with Gasteiger partial charge in [0.25, 0.3) is 11.8 Å². The first-order valence-electron chi connectivity index (χ1n) is 11.2. The third-order valence-corrected chi connectivity index (χ3v) is 6.19. The minimum atomic E-state index is -0.242. The molecule has 0 bridgehead atoms. The molecule has 174 valence electrons. The van der Waals surface area contributed by atoms with Crippen molar-refractivity contribution in [1.82, 2.24) is 9.80 Å². The first-order valence-corrected chi connectivity index (χ1v) is 11.2. The SMILES string of the molecule is COc1ccc(CCN2C(=O)C(c3ccc(C)cc3C)=C(N3CCOCC3)C2=O)cc1OC. The van der Waals surface area contributed by atoms with Crippen molar-refractivity contribution in [3.8, 4) is 11.5 Å². The fourth-order valence-corrected chi connectivity index (χ4v) is 4.46. The zero-order valence-electron chi connectivity index (χ0n) is 19.6. The first kappa shape index (κ1) is 22.9. The first-order chi connectivity index (χ1) is 15.9. The van der Waals surface area contributed by atoms with E-state index < -0.39 is 0 Å². The molecule has 2 heterocycles. The topological polar surface area (TPSA) is 68.3 Å². The van der Waals surface area contributed by atoms with Gasteiger partial charge < -0.3 is 19.1 Å². The maximum atomic E-state index is 13.6. The molecule has 7 nitrogen and oxygen atoms in total. The summed E-state index contributed by atoms with van der Waals surface area (Å²) >= 11 is 0. The van der Waals surface area contributed by atoms with E-state index in [4.69, 9.17) is 14.2 Å². The Morgan fingerprint density at radius 3 is 2.30 bits per heavy atom. The third kappa shape index (κ3) is 4.46. The lowest BCUT2D eigenvalue weighted by molar-refractivity contribution is -0.137. The van der Waals surface area contributed by atoms with Crippen molar-refractivity contribution in [2.24, 2.45) is 0 Å². The normalized spacial score (nSPS) is 16.6. The van der Waals surface area contributed by atoms with Gasteiger partial charge in [0.2, 0.25) is 0 Å². The summed E-state index contributed by atoms with van der Waals surface area (Å²) < 4.78 is 16.2. The summed E-state index contributed by atoms with van der Waals surface area (Å²) in [6.45, 7) is 6.54. The molecule has 2 aliphatic rings. The quantitative estimate of drug-likeness (QED) is 0.604. The Morgan fingerprint density at radius 1 is 0.909 bits per heavy atom. The highest BCUT2D eigenvalue weighted by Gasteiger charge is 2.42. The fraction of sp³-hybridized carbons (Fsp3) is 0.385. The van der Waals surface area contributed by atoms with E-state index in [0.29, 0.717) is 55.5 Å². The fourth-order valence-electron chi connectivity index (χ4n) is 4.46. The number of hydrogen-bond donors (Lipinski definition) is 0. The second kappa shape index (κ2) is 9.67. The van der Waals surface area contributed by atoms with Crippen LogP contribution in [0.5, 0.6) is 11.5 Å². The molecular formula is C26H30N2O5. The number of imide groups is 1. The van der Waals surface area contributed by atoms with Gasteiger partial charge in [-0.05, 0) is 49.1 Å². The van der Waals surface area contributed by atoms with Crippen LogP contribution < -0.4 is 9.47 Å². The molecule has 0 unspecified atom stereocenters. The maximum Gasteiger partial charge on any atom is 0.277 e. The number of methoxy groups -OCH3 is 2. The summed E-state index contributed by atoms with van der Waals surface area (Å²) in [7, 11) is 3.18. The second-order valence-corrected chi connectivity index (χ2v) is 8.34. The lowest BCUT2D eigenvalue weighted by Crippen LogP contribution is -2.40. The molecule has 2 aromatic carbocycles. The Morgan fingerprint density at radius 2 is 1.64 bits per heavy atom. The van der Waals surface area contributed by atoms with Gasteiger partial charge in [-0.2, -0.15) is 0 Å². The Balaban J connectivity index is 1.64. The Labute approximate surface area is 194 Å². The molecule has 0 radical (unpaired) electrons. The van der Waals surface area contributed by atoms with Gasteiger partial charge in [-0.3, -0.25) is 14.5 Å². The zero-order valence-corrected chi connectivity index (χ0v) is 19.6. The van der Waals surface area contributed by atoms with Crippen LogP contribution in [-0.4, -0.2) is 68.7 Å². The monoisotopic (exact) mass is 450 g/mol. The molecule has 0 aliphatic carbocycles. The third-order valence-electron chi connectivity index (χ3n) is 6.19. The number of benzene rings is 2. The van der Waals surface area contributed by atoms with E-state index in [0.717, 1.165) is 22.3 Å². The van der Waals surface area contributed by atoms with E-state index in [9.17, 15) is 9.59 Å². The van der Waals surface area contributed by atoms with Crippen molar-refractivity contribution in [2.75, 3.05) is 47.1 Å². The lowest BCUT2D eigenvalue weighted by atomic mass is 9.97. The van der Waals surface area contributed by atoms with E-state index in [2.05, 4.69) is 0 Å². The molecule has 0 aromatic heterocycles. The Bertz CT molecular complexity index is 1100. The number of morpholine rings is 1. The maximum absolute atomic E-state index is 13.6. The van der Waals surface area contributed by atoms with Gasteiger partial charge in [-0.25, -0.2) is 0 Å². The minimum Gasteiger partial charge on any atom is -0.493 e. The molecule has 0 saturated carbocycles. The van der Waals surface area contributed by atoms with Crippen LogP contribution in [0.3, 0.4) is 0 Å². The molecule has 1 fully saturated rings. The van der Waals surface area contributed by atoms with Crippen molar-refractivity contribution in [3.63, 3.8) is 0 Å². The number of carbonyl (C=O) groups excluding carboxylic acids is 2. The molecule has 2 aliphatic heterocycles. The van der Waals surface area contributed by atoms with Crippen LogP contribution in [-0.2, 0) is 20.7 Å². The average Bonchev–Trinajstić information content (AvgIpc) is 3.07. The Hall–Kier alpha value is -3.32. The number of carbonyl (C=O) groups is 2. The summed E-state index contributed by atoms with van der Waals surface area (Å²) in [5.74, 6) is 0.784. The lowest BCUT2D eigenvalue weighted by Gasteiger charge is -2.29. The highest BCUT2D eigenvalue weighted by molar-refractivity contribution is 6.35. The smallest absolute Gasteiger partial charge is 0.277 e. The largest absolute Gasteiger partial charge is 0.493 e. The molecule has 4 rings (SSSR count). The van der Waals surface area contributed by atoms with Gasteiger partial charge in [-0.15, -0.1) is 0 Å². The number of ether oxygens (including phenoxy) is 3. The van der Waals surface area contributed by atoms with Gasteiger partial charge in [-0.1, -0.05) is 29.8 Å². The highest BCUT2D eigenvalue weighted by atomic mass is 16.5. The van der Waals surface area contributed by atoms with Crippen LogP contribution in [0, 0.1) is 13.8 Å². The number of amides is 2. The predicted octanol–water partition coefficient (Wildman–Crippen LogP) is 2.98. The summed E-state index contributed by atoms with van der Waals surface area (Å²) in [5.41, 5.74) is 4.86.